The van der Waals surface area contributed by atoms with Gasteiger partial charge in [-0.3, -0.25) is 4.79 Å². The minimum absolute atomic E-state index is 0.234. The third-order valence-corrected chi connectivity index (χ3v) is 5.07. The zero-order chi connectivity index (χ0) is 20.4. The van der Waals surface area contributed by atoms with Crippen LogP contribution in [0, 0.1) is 0 Å². The molecule has 0 radical (unpaired) electrons. The number of benzene rings is 3. The van der Waals surface area contributed by atoms with E-state index in [-0.39, 0.29) is 12.4 Å². The molecule has 0 saturated heterocycles. The van der Waals surface area contributed by atoms with Crippen molar-refractivity contribution in [2.75, 3.05) is 13.7 Å². The number of Topliss-reactive ketones (excluding diaryl/α,β-unsaturated/α-hetero) is 1. The molecule has 0 saturated carbocycles. The maximum atomic E-state index is 12.6. The fourth-order valence-corrected chi connectivity index (χ4v) is 3.59. The highest BCUT2D eigenvalue weighted by Crippen LogP contribution is 2.29. The molecule has 29 heavy (non-hydrogen) atoms. The molecule has 1 aromatic heterocycles. The first kappa shape index (κ1) is 18.7. The fraction of sp³-hybridized carbons (Fsp3) is 0.167. The quantitative estimate of drug-likeness (QED) is 0.350. The Kier molecular flexibility index (Phi) is 5.04. The number of hydrogen-bond donors (Lipinski definition) is 0. The van der Waals surface area contributed by atoms with Crippen molar-refractivity contribution in [3.63, 3.8) is 0 Å². The van der Waals surface area contributed by atoms with Gasteiger partial charge in [0.05, 0.1) is 12.7 Å². The van der Waals surface area contributed by atoms with Gasteiger partial charge in [-0.1, -0.05) is 18.2 Å². The zero-order valence-electron chi connectivity index (χ0n) is 16.3. The van der Waals surface area contributed by atoms with Crippen molar-refractivity contribution >= 4 is 33.6 Å². The Morgan fingerprint density at radius 1 is 0.862 bits per heavy atom. The third kappa shape index (κ3) is 3.47. The van der Waals surface area contributed by atoms with Crippen LogP contribution in [0.4, 0.5) is 0 Å². The van der Waals surface area contributed by atoms with Crippen LogP contribution in [0.2, 0.25) is 0 Å². The summed E-state index contributed by atoms with van der Waals surface area (Å²) >= 11 is 0. The van der Waals surface area contributed by atoms with Crippen molar-refractivity contribution in [3.8, 4) is 5.75 Å². The maximum absolute atomic E-state index is 12.6. The second-order valence-corrected chi connectivity index (χ2v) is 6.72. The van der Waals surface area contributed by atoms with Crippen LogP contribution in [0.5, 0.6) is 5.75 Å². The minimum Gasteiger partial charge on any atom is -0.497 e. The maximum Gasteiger partial charge on any atom is 0.338 e. The lowest BCUT2D eigenvalue weighted by molar-refractivity contribution is 0.0475. The van der Waals surface area contributed by atoms with E-state index >= 15 is 0 Å². The van der Waals surface area contributed by atoms with Gasteiger partial charge in [-0.2, -0.15) is 0 Å². The van der Waals surface area contributed by atoms with Crippen LogP contribution in [-0.4, -0.2) is 30.0 Å². The molecule has 4 aromatic rings. The van der Waals surface area contributed by atoms with Crippen LogP contribution in [0.25, 0.3) is 21.8 Å². The number of carbonyl (C=O) groups is 2. The molecule has 0 atom stereocenters. The summed E-state index contributed by atoms with van der Waals surface area (Å²) in [7, 11) is 1.56. The molecule has 1 heterocycles. The Morgan fingerprint density at radius 2 is 1.55 bits per heavy atom. The van der Waals surface area contributed by atoms with Crippen LogP contribution in [-0.2, 0) is 11.3 Å². The first-order valence-corrected chi connectivity index (χ1v) is 9.47. The van der Waals surface area contributed by atoms with Crippen LogP contribution >= 0.6 is 0 Å². The average molecular weight is 387 g/mol. The summed E-state index contributed by atoms with van der Waals surface area (Å²) in [6.45, 7) is 2.64. The number of fused-ring (bicyclic) bond motifs is 3. The van der Waals surface area contributed by atoms with Crippen molar-refractivity contribution in [2.45, 2.75) is 13.5 Å². The van der Waals surface area contributed by atoms with Crippen molar-refractivity contribution < 1.29 is 19.1 Å². The summed E-state index contributed by atoms with van der Waals surface area (Å²) in [4.78, 5) is 24.8. The van der Waals surface area contributed by atoms with Gasteiger partial charge < -0.3 is 14.0 Å². The molecule has 3 aromatic carbocycles. The molecule has 0 bridgehead atoms. The van der Waals surface area contributed by atoms with Gasteiger partial charge in [-0.25, -0.2) is 4.79 Å². The van der Waals surface area contributed by atoms with Crippen molar-refractivity contribution in [1.82, 2.24) is 4.57 Å². The summed E-state index contributed by atoms with van der Waals surface area (Å²) in [6.07, 6.45) is 0. The van der Waals surface area contributed by atoms with Crippen molar-refractivity contribution in [2.24, 2.45) is 0 Å². The van der Waals surface area contributed by atoms with E-state index in [2.05, 4.69) is 23.6 Å². The topological polar surface area (TPSA) is 57.5 Å². The molecule has 0 aliphatic carbocycles. The molecule has 5 nitrogen and oxygen atoms in total. The summed E-state index contributed by atoms with van der Waals surface area (Å²) in [5, 5.41) is 2.13. The highest BCUT2D eigenvalue weighted by atomic mass is 16.5. The van der Waals surface area contributed by atoms with E-state index in [4.69, 9.17) is 9.47 Å². The Hall–Kier alpha value is -3.60. The van der Waals surface area contributed by atoms with E-state index in [9.17, 15) is 9.59 Å². The predicted octanol–water partition coefficient (Wildman–Crippen LogP) is 4.86. The number of aryl methyl sites for hydroxylation is 1. The fourth-order valence-electron chi connectivity index (χ4n) is 3.59. The van der Waals surface area contributed by atoms with E-state index in [1.54, 1.807) is 37.4 Å². The van der Waals surface area contributed by atoms with E-state index in [1.807, 2.05) is 24.3 Å². The number of carbonyl (C=O) groups excluding carboxylic acids is 2. The van der Waals surface area contributed by atoms with E-state index in [0.29, 0.717) is 16.9 Å². The number of aromatic nitrogens is 1. The monoisotopic (exact) mass is 387 g/mol. The lowest BCUT2D eigenvalue weighted by Gasteiger charge is -2.06. The summed E-state index contributed by atoms with van der Waals surface area (Å²) in [5.41, 5.74) is 3.13. The van der Waals surface area contributed by atoms with Gasteiger partial charge >= 0.3 is 5.97 Å². The molecule has 4 rings (SSSR count). The van der Waals surface area contributed by atoms with Crippen LogP contribution in [0.3, 0.4) is 0 Å². The van der Waals surface area contributed by atoms with Crippen LogP contribution in [0.15, 0.2) is 66.7 Å². The van der Waals surface area contributed by atoms with Gasteiger partial charge in [0.25, 0.3) is 0 Å². The summed E-state index contributed by atoms with van der Waals surface area (Å²) in [5.74, 6) is -0.121. The zero-order valence-corrected chi connectivity index (χ0v) is 16.3. The van der Waals surface area contributed by atoms with Gasteiger partial charge in [0.1, 0.15) is 5.75 Å². The third-order valence-electron chi connectivity index (χ3n) is 5.07. The average Bonchev–Trinajstić information content (AvgIpc) is 3.10. The van der Waals surface area contributed by atoms with Crippen LogP contribution in [0.1, 0.15) is 27.6 Å². The summed E-state index contributed by atoms with van der Waals surface area (Å²) < 4.78 is 12.5. The van der Waals surface area contributed by atoms with Crippen LogP contribution < -0.4 is 4.74 Å². The number of methoxy groups -OCH3 is 1. The smallest absolute Gasteiger partial charge is 0.338 e. The number of rotatable bonds is 6. The van der Waals surface area contributed by atoms with Gasteiger partial charge in [0, 0.05) is 33.9 Å². The molecular weight excluding hydrogens is 366 g/mol. The molecule has 0 spiro atoms. The van der Waals surface area contributed by atoms with Crippen molar-refractivity contribution in [3.05, 3.63) is 77.9 Å². The molecule has 0 aliphatic rings. The SMILES string of the molecule is CCn1c2ccccc2c2cc(C(=O)COC(=O)c3ccc(OC)cc3)ccc21. The molecule has 5 heteroatoms. The van der Waals surface area contributed by atoms with Gasteiger partial charge in [-0.15, -0.1) is 0 Å². The first-order chi connectivity index (χ1) is 14.1. The van der Waals surface area contributed by atoms with Gasteiger partial charge in [0.2, 0.25) is 0 Å². The molecule has 0 aliphatic heterocycles. The Balaban J connectivity index is 1.55. The van der Waals surface area contributed by atoms with Gasteiger partial charge in [-0.05, 0) is 55.5 Å². The Morgan fingerprint density at radius 3 is 2.28 bits per heavy atom. The molecule has 0 amide bonds. The Bertz CT molecular complexity index is 1200. The van der Waals surface area contributed by atoms with E-state index in [1.165, 1.54) is 0 Å². The highest BCUT2D eigenvalue weighted by molar-refractivity contribution is 6.11. The van der Waals surface area contributed by atoms with Crippen molar-refractivity contribution in [1.29, 1.82) is 0 Å². The second kappa shape index (κ2) is 7.80. The lowest BCUT2D eigenvalue weighted by Crippen LogP contribution is -2.14. The number of esters is 1. The lowest BCUT2D eigenvalue weighted by atomic mass is 10.1. The molecule has 146 valence electrons. The summed E-state index contributed by atoms with van der Waals surface area (Å²) in [6, 6.07) is 20.3. The molecule has 0 unspecified atom stereocenters. The number of hydrogen-bond acceptors (Lipinski definition) is 4. The highest BCUT2D eigenvalue weighted by Gasteiger charge is 2.15. The number of ether oxygens (including phenoxy) is 2. The predicted molar refractivity (Wildman–Crippen MR) is 113 cm³/mol. The number of ketones is 1. The number of nitrogens with zero attached hydrogens (tertiary/aromatic N) is 1. The largest absolute Gasteiger partial charge is 0.497 e. The minimum atomic E-state index is -0.537. The normalized spacial score (nSPS) is 11.0. The first-order valence-electron chi connectivity index (χ1n) is 9.47. The second-order valence-electron chi connectivity index (χ2n) is 6.72. The number of para-hydroxylation sites is 1. The molecule has 0 N–H and O–H groups in total. The standard InChI is InChI=1S/C24H21NO4/c1-3-25-21-7-5-4-6-19(21)20-14-17(10-13-22(20)25)23(26)15-29-24(27)16-8-11-18(28-2)12-9-16/h4-14H,3,15H2,1-2H3. The Labute approximate surface area is 168 Å². The molecule has 0 fully saturated rings. The van der Waals surface area contributed by atoms with Gasteiger partial charge in [0.15, 0.2) is 12.4 Å². The molecular formula is C24H21NO4. The van der Waals surface area contributed by atoms with E-state index in [0.717, 1.165) is 28.4 Å². The van der Waals surface area contributed by atoms with E-state index < -0.39 is 5.97 Å².